The molecule has 140 valence electrons. The molecular formula is C20H19NO5S. The lowest BCUT2D eigenvalue weighted by atomic mass is 9.95. The minimum Gasteiger partial charge on any atom is -0.465 e. The quantitative estimate of drug-likeness (QED) is 0.821. The van der Waals surface area contributed by atoms with Crippen molar-refractivity contribution in [2.24, 2.45) is 0 Å². The van der Waals surface area contributed by atoms with Crippen molar-refractivity contribution >= 4 is 34.2 Å². The molecule has 0 bridgehead atoms. The number of thiophene rings is 1. The number of hydrogen-bond acceptors (Lipinski definition) is 6. The molecular weight excluding hydrogens is 366 g/mol. The predicted molar refractivity (Wildman–Crippen MR) is 100 cm³/mol. The summed E-state index contributed by atoms with van der Waals surface area (Å²) in [6, 6.07) is 7.10. The maximum atomic E-state index is 12.8. The molecule has 1 atom stereocenters. The summed E-state index contributed by atoms with van der Waals surface area (Å²) in [5.74, 6) is -1.38. The highest BCUT2D eigenvalue weighted by molar-refractivity contribution is 7.17. The normalized spacial score (nSPS) is 18.1. The Labute approximate surface area is 160 Å². The monoisotopic (exact) mass is 385 g/mol. The lowest BCUT2D eigenvalue weighted by Crippen LogP contribution is -2.38. The summed E-state index contributed by atoms with van der Waals surface area (Å²) in [4.78, 5) is 38.3. The fourth-order valence-electron chi connectivity index (χ4n) is 3.64. The average Bonchev–Trinajstić information content (AvgIpc) is 3.05. The van der Waals surface area contributed by atoms with Gasteiger partial charge in [-0.05, 0) is 42.9 Å². The van der Waals surface area contributed by atoms with Crippen LogP contribution < -0.4 is 5.32 Å². The zero-order chi connectivity index (χ0) is 19.0. The Hall–Kier alpha value is -2.67. The van der Waals surface area contributed by atoms with Crippen LogP contribution in [-0.4, -0.2) is 31.1 Å². The van der Waals surface area contributed by atoms with Crippen molar-refractivity contribution in [2.45, 2.75) is 38.2 Å². The smallest absolute Gasteiger partial charge is 0.341 e. The second kappa shape index (κ2) is 7.15. The summed E-state index contributed by atoms with van der Waals surface area (Å²) in [6.07, 6.45) is 3.17. The van der Waals surface area contributed by atoms with Crippen LogP contribution in [0.2, 0.25) is 0 Å². The van der Waals surface area contributed by atoms with Crippen LogP contribution in [0.1, 0.15) is 49.6 Å². The first kappa shape index (κ1) is 17.7. The van der Waals surface area contributed by atoms with E-state index in [4.69, 9.17) is 9.47 Å². The topological polar surface area (TPSA) is 81.7 Å². The third-order valence-corrected chi connectivity index (χ3v) is 6.19. The summed E-state index contributed by atoms with van der Waals surface area (Å²) in [5.41, 5.74) is 2.68. The van der Waals surface area contributed by atoms with Crippen molar-refractivity contribution in [1.29, 1.82) is 0 Å². The van der Waals surface area contributed by atoms with E-state index < -0.39 is 23.9 Å². The van der Waals surface area contributed by atoms with Gasteiger partial charge in [0.1, 0.15) is 5.00 Å². The summed E-state index contributed by atoms with van der Waals surface area (Å²) >= 11 is 1.41. The third kappa shape index (κ3) is 3.23. The number of nitrogens with one attached hydrogen (secondary N) is 1. The van der Waals surface area contributed by atoms with Crippen molar-refractivity contribution in [2.75, 3.05) is 12.4 Å². The van der Waals surface area contributed by atoms with Gasteiger partial charge in [-0.3, -0.25) is 4.79 Å². The van der Waals surface area contributed by atoms with Gasteiger partial charge in [0.2, 0.25) is 0 Å². The zero-order valence-corrected chi connectivity index (χ0v) is 15.7. The molecule has 1 aliphatic heterocycles. The van der Waals surface area contributed by atoms with Crippen molar-refractivity contribution in [3.8, 4) is 0 Å². The molecule has 2 aromatic rings. The first-order chi connectivity index (χ1) is 13.1. The molecule has 6 nitrogen and oxygen atoms in total. The number of aryl methyl sites for hydroxylation is 1. The van der Waals surface area contributed by atoms with Gasteiger partial charge in [-0.15, -0.1) is 11.3 Å². The van der Waals surface area contributed by atoms with Gasteiger partial charge in [0.15, 0.2) is 6.10 Å². The summed E-state index contributed by atoms with van der Waals surface area (Å²) in [5, 5.41) is 3.29. The molecule has 2 heterocycles. The number of rotatable bonds is 3. The van der Waals surface area contributed by atoms with Gasteiger partial charge in [0.25, 0.3) is 5.91 Å². The van der Waals surface area contributed by atoms with Gasteiger partial charge < -0.3 is 14.8 Å². The molecule has 0 saturated heterocycles. The van der Waals surface area contributed by atoms with Gasteiger partial charge in [-0.25, -0.2) is 9.59 Å². The maximum Gasteiger partial charge on any atom is 0.341 e. The molecule has 0 fully saturated rings. The highest BCUT2D eigenvalue weighted by Crippen LogP contribution is 2.38. The molecule has 1 amide bonds. The van der Waals surface area contributed by atoms with Crippen molar-refractivity contribution in [3.05, 3.63) is 51.4 Å². The molecule has 27 heavy (non-hydrogen) atoms. The lowest BCUT2D eigenvalue weighted by Gasteiger charge is -2.23. The second-order valence-electron chi connectivity index (χ2n) is 6.65. The second-order valence-corrected chi connectivity index (χ2v) is 7.76. The van der Waals surface area contributed by atoms with Gasteiger partial charge >= 0.3 is 11.9 Å². The first-order valence-corrected chi connectivity index (χ1v) is 9.72. The minimum atomic E-state index is -0.919. The van der Waals surface area contributed by atoms with Crippen molar-refractivity contribution < 1.29 is 23.9 Å². The number of amides is 1. The van der Waals surface area contributed by atoms with Crippen LogP contribution in [0.15, 0.2) is 24.3 Å². The Balaban J connectivity index is 1.60. The van der Waals surface area contributed by atoms with E-state index in [2.05, 4.69) is 5.32 Å². The minimum absolute atomic E-state index is 0.312. The van der Waals surface area contributed by atoms with Crippen LogP contribution in [0.3, 0.4) is 0 Å². The number of cyclic esters (lactones) is 1. The fraction of sp³-hybridized carbons (Fsp3) is 0.350. The number of hydrogen-bond donors (Lipinski definition) is 1. The van der Waals surface area contributed by atoms with Crippen LogP contribution in [0.4, 0.5) is 5.00 Å². The van der Waals surface area contributed by atoms with E-state index in [0.717, 1.165) is 41.7 Å². The Morgan fingerprint density at radius 2 is 2.00 bits per heavy atom. The summed E-state index contributed by atoms with van der Waals surface area (Å²) in [6.45, 7) is 0. The maximum absolute atomic E-state index is 12.8. The van der Waals surface area contributed by atoms with E-state index in [1.165, 1.54) is 18.4 Å². The van der Waals surface area contributed by atoms with Crippen LogP contribution >= 0.6 is 11.3 Å². The highest BCUT2D eigenvalue weighted by Gasteiger charge is 2.33. The molecule has 0 spiro atoms. The molecule has 7 heteroatoms. The van der Waals surface area contributed by atoms with Crippen LogP contribution in [0.5, 0.6) is 0 Å². The zero-order valence-electron chi connectivity index (χ0n) is 14.9. The molecule has 1 N–H and O–H groups in total. The van der Waals surface area contributed by atoms with Gasteiger partial charge in [-0.2, -0.15) is 0 Å². The van der Waals surface area contributed by atoms with Crippen molar-refractivity contribution in [3.63, 3.8) is 0 Å². The molecule has 1 unspecified atom stereocenters. The first-order valence-electron chi connectivity index (χ1n) is 8.91. The van der Waals surface area contributed by atoms with Crippen LogP contribution in [-0.2, 0) is 33.5 Å². The molecule has 0 radical (unpaired) electrons. The number of anilines is 1. The van der Waals surface area contributed by atoms with Crippen molar-refractivity contribution in [1.82, 2.24) is 0 Å². The standard InChI is InChI=1S/C20H19NO5S/c1-25-20(24)16-13-8-4-5-9-15(13)27-18(16)21-17(22)14-10-11-6-2-3-7-12(11)19(23)26-14/h2-3,6-7,14H,4-5,8-10H2,1H3,(H,21,22). The van der Waals surface area contributed by atoms with E-state index in [1.54, 1.807) is 12.1 Å². The number of carbonyl (C=O) groups is 3. The fourth-order valence-corrected chi connectivity index (χ4v) is 4.92. The number of ether oxygens (including phenoxy) is 2. The molecule has 1 aromatic heterocycles. The third-order valence-electron chi connectivity index (χ3n) is 4.98. The van der Waals surface area contributed by atoms with E-state index in [0.29, 0.717) is 22.5 Å². The van der Waals surface area contributed by atoms with Gasteiger partial charge in [-0.1, -0.05) is 18.2 Å². The molecule has 2 aliphatic rings. The number of carbonyl (C=O) groups excluding carboxylic acids is 3. The Kier molecular flexibility index (Phi) is 4.70. The Bertz CT molecular complexity index is 932. The van der Waals surface area contributed by atoms with E-state index in [1.807, 2.05) is 12.1 Å². The number of benzene rings is 1. The lowest BCUT2D eigenvalue weighted by molar-refractivity contribution is -0.125. The largest absolute Gasteiger partial charge is 0.465 e. The number of esters is 2. The van der Waals surface area contributed by atoms with E-state index >= 15 is 0 Å². The van der Waals surface area contributed by atoms with Gasteiger partial charge in [0.05, 0.1) is 18.2 Å². The Morgan fingerprint density at radius 1 is 1.22 bits per heavy atom. The number of fused-ring (bicyclic) bond motifs is 2. The predicted octanol–water partition coefficient (Wildman–Crippen LogP) is 3.13. The molecule has 0 saturated carbocycles. The molecule has 1 aromatic carbocycles. The van der Waals surface area contributed by atoms with E-state index in [-0.39, 0.29) is 0 Å². The van der Waals surface area contributed by atoms with Crippen LogP contribution in [0, 0.1) is 0 Å². The number of methoxy groups -OCH3 is 1. The van der Waals surface area contributed by atoms with E-state index in [9.17, 15) is 14.4 Å². The van der Waals surface area contributed by atoms with Crippen LogP contribution in [0.25, 0.3) is 0 Å². The Morgan fingerprint density at radius 3 is 2.81 bits per heavy atom. The molecule has 1 aliphatic carbocycles. The molecule has 4 rings (SSSR count). The highest BCUT2D eigenvalue weighted by atomic mass is 32.1. The summed E-state index contributed by atoms with van der Waals surface area (Å²) < 4.78 is 10.2. The summed E-state index contributed by atoms with van der Waals surface area (Å²) in [7, 11) is 1.33. The average molecular weight is 385 g/mol. The SMILES string of the molecule is COC(=O)c1c(NC(=O)C2Cc3ccccc3C(=O)O2)sc2c1CCCC2. The van der Waals surface area contributed by atoms with Gasteiger partial charge in [0, 0.05) is 11.3 Å².